The molecule has 1 fully saturated rings. The molecule has 2 nitrogen and oxygen atoms in total. The summed E-state index contributed by atoms with van der Waals surface area (Å²) in [5.74, 6) is 0. The summed E-state index contributed by atoms with van der Waals surface area (Å²) in [7, 11) is 0. The third-order valence-electron chi connectivity index (χ3n) is 3.76. The summed E-state index contributed by atoms with van der Waals surface area (Å²) in [6.45, 7) is 5.30. The molecule has 0 amide bonds. The number of rotatable bonds is 10. The first-order valence-corrected chi connectivity index (χ1v) is 8.10. The lowest BCUT2D eigenvalue weighted by Gasteiger charge is -2.28. The standard InChI is InChI=1S/C16H32O2/c1-3-4-5-6-7-8-9-10-11-12-16-17-14-13-15(2)18-16/h15-16H,3-14H2,1-2H3. The van der Waals surface area contributed by atoms with Crippen molar-refractivity contribution in [3.05, 3.63) is 0 Å². The molecule has 0 spiro atoms. The van der Waals surface area contributed by atoms with Crippen LogP contribution in [0, 0.1) is 0 Å². The molecule has 1 saturated heterocycles. The molecule has 2 unspecified atom stereocenters. The van der Waals surface area contributed by atoms with Gasteiger partial charge in [-0.3, -0.25) is 0 Å². The molecule has 0 bridgehead atoms. The van der Waals surface area contributed by atoms with Crippen molar-refractivity contribution in [3.63, 3.8) is 0 Å². The first-order valence-electron chi connectivity index (χ1n) is 8.10. The third kappa shape index (κ3) is 8.10. The van der Waals surface area contributed by atoms with Crippen molar-refractivity contribution in [1.29, 1.82) is 0 Å². The first kappa shape index (κ1) is 16.0. The maximum Gasteiger partial charge on any atom is 0.157 e. The molecule has 0 N–H and O–H groups in total. The van der Waals surface area contributed by atoms with Crippen LogP contribution in [0.3, 0.4) is 0 Å². The number of hydrogen-bond donors (Lipinski definition) is 0. The Bertz CT molecular complexity index is 182. The van der Waals surface area contributed by atoms with Gasteiger partial charge in [0.05, 0.1) is 12.7 Å². The van der Waals surface area contributed by atoms with Gasteiger partial charge in [-0.05, 0) is 26.2 Å². The molecule has 1 rings (SSSR count). The van der Waals surface area contributed by atoms with Crippen molar-refractivity contribution in [2.45, 2.75) is 96.9 Å². The average Bonchev–Trinajstić information content (AvgIpc) is 2.37. The predicted octanol–water partition coefficient (Wildman–Crippen LogP) is 5.06. The number of unbranched alkanes of at least 4 members (excludes halogenated alkanes) is 8. The Morgan fingerprint density at radius 2 is 1.50 bits per heavy atom. The Labute approximate surface area is 113 Å². The van der Waals surface area contributed by atoms with Crippen LogP contribution in [0.5, 0.6) is 0 Å². The molecule has 0 aromatic carbocycles. The monoisotopic (exact) mass is 256 g/mol. The molecule has 0 aromatic rings. The van der Waals surface area contributed by atoms with Gasteiger partial charge in [0, 0.05) is 0 Å². The molecule has 18 heavy (non-hydrogen) atoms. The van der Waals surface area contributed by atoms with E-state index in [4.69, 9.17) is 9.47 Å². The van der Waals surface area contributed by atoms with Crippen LogP contribution in [0.25, 0.3) is 0 Å². The summed E-state index contributed by atoms with van der Waals surface area (Å²) in [6, 6.07) is 0. The minimum absolute atomic E-state index is 0.0818. The van der Waals surface area contributed by atoms with E-state index in [9.17, 15) is 0 Å². The maximum absolute atomic E-state index is 5.74. The highest BCUT2D eigenvalue weighted by molar-refractivity contribution is 4.59. The second-order valence-corrected chi connectivity index (χ2v) is 5.65. The van der Waals surface area contributed by atoms with Crippen LogP contribution in [-0.2, 0) is 9.47 Å². The highest BCUT2D eigenvalue weighted by Gasteiger charge is 2.18. The van der Waals surface area contributed by atoms with Gasteiger partial charge in [-0.1, -0.05) is 58.3 Å². The van der Waals surface area contributed by atoms with Crippen molar-refractivity contribution in [2.75, 3.05) is 6.61 Å². The van der Waals surface area contributed by atoms with Crippen molar-refractivity contribution < 1.29 is 9.47 Å². The fraction of sp³-hybridized carbons (Fsp3) is 1.00. The SMILES string of the molecule is CCCCCCCCCCCC1OCCC(C)O1. The molecule has 1 aliphatic rings. The smallest absolute Gasteiger partial charge is 0.157 e. The summed E-state index contributed by atoms with van der Waals surface area (Å²) in [4.78, 5) is 0. The van der Waals surface area contributed by atoms with Crippen LogP contribution in [0.15, 0.2) is 0 Å². The molecule has 1 aliphatic heterocycles. The van der Waals surface area contributed by atoms with E-state index in [1.54, 1.807) is 0 Å². The fourth-order valence-corrected chi connectivity index (χ4v) is 2.50. The topological polar surface area (TPSA) is 18.5 Å². The van der Waals surface area contributed by atoms with Gasteiger partial charge in [0.15, 0.2) is 6.29 Å². The van der Waals surface area contributed by atoms with Gasteiger partial charge in [-0.15, -0.1) is 0 Å². The van der Waals surface area contributed by atoms with Crippen LogP contribution in [0.2, 0.25) is 0 Å². The van der Waals surface area contributed by atoms with E-state index in [-0.39, 0.29) is 6.29 Å². The van der Waals surface area contributed by atoms with Gasteiger partial charge in [-0.2, -0.15) is 0 Å². The first-order chi connectivity index (χ1) is 8.83. The third-order valence-corrected chi connectivity index (χ3v) is 3.76. The summed E-state index contributed by atoms with van der Waals surface area (Å²) in [6.07, 6.45) is 15.0. The average molecular weight is 256 g/mol. The Hall–Kier alpha value is -0.0800. The summed E-state index contributed by atoms with van der Waals surface area (Å²) in [5, 5.41) is 0. The van der Waals surface area contributed by atoms with E-state index < -0.39 is 0 Å². The van der Waals surface area contributed by atoms with Gasteiger partial charge >= 0.3 is 0 Å². The number of hydrogen-bond acceptors (Lipinski definition) is 2. The van der Waals surface area contributed by atoms with Gasteiger partial charge < -0.3 is 9.47 Å². The van der Waals surface area contributed by atoms with Gasteiger partial charge in [0.1, 0.15) is 0 Å². The molecule has 2 heteroatoms. The molecule has 0 aromatic heterocycles. The van der Waals surface area contributed by atoms with Gasteiger partial charge in [-0.25, -0.2) is 0 Å². The Kier molecular flexibility index (Phi) is 9.59. The molecule has 0 radical (unpaired) electrons. The molecular formula is C16H32O2. The van der Waals surface area contributed by atoms with Gasteiger partial charge in [0.25, 0.3) is 0 Å². The Balaban J connectivity index is 1.80. The molecule has 0 saturated carbocycles. The largest absolute Gasteiger partial charge is 0.353 e. The minimum Gasteiger partial charge on any atom is -0.353 e. The quantitative estimate of drug-likeness (QED) is 0.509. The molecule has 0 aliphatic carbocycles. The normalized spacial score (nSPS) is 24.3. The van der Waals surface area contributed by atoms with Gasteiger partial charge in [0.2, 0.25) is 0 Å². The Morgan fingerprint density at radius 3 is 2.11 bits per heavy atom. The van der Waals surface area contributed by atoms with Crippen molar-refractivity contribution in [3.8, 4) is 0 Å². The van der Waals surface area contributed by atoms with Crippen molar-refractivity contribution >= 4 is 0 Å². The lowest BCUT2D eigenvalue weighted by Crippen LogP contribution is -2.30. The second-order valence-electron chi connectivity index (χ2n) is 5.65. The summed E-state index contributed by atoms with van der Waals surface area (Å²) < 4.78 is 11.3. The van der Waals surface area contributed by atoms with E-state index in [1.165, 1.54) is 57.8 Å². The van der Waals surface area contributed by atoms with Crippen LogP contribution in [0.4, 0.5) is 0 Å². The summed E-state index contributed by atoms with van der Waals surface area (Å²) in [5.41, 5.74) is 0. The summed E-state index contributed by atoms with van der Waals surface area (Å²) >= 11 is 0. The molecule has 1 heterocycles. The van der Waals surface area contributed by atoms with E-state index in [0.29, 0.717) is 6.10 Å². The van der Waals surface area contributed by atoms with E-state index in [0.717, 1.165) is 19.4 Å². The molecular weight excluding hydrogens is 224 g/mol. The molecule has 108 valence electrons. The van der Waals surface area contributed by atoms with Crippen LogP contribution >= 0.6 is 0 Å². The predicted molar refractivity (Wildman–Crippen MR) is 76.7 cm³/mol. The lowest BCUT2D eigenvalue weighted by atomic mass is 10.1. The molecule has 2 atom stereocenters. The zero-order valence-electron chi connectivity index (χ0n) is 12.5. The van der Waals surface area contributed by atoms with E-state index in [1.807, 2.05) is 0 Å². The van der Waals surface area contributed by atoms with Crippen molar-refractivity contribution in [2.24, 2.45) is 0 Å². The zero-order chi connectivity index (χ0) is 13.1. The zero-order valence-corrected chi connectivity index (χ0v) is 12.5. The fourth-order valence-electron chi connectivity index (χ4n) is 2.50. The van der Waals surface area contributed by atoms with E-state index >= 15 is 0 Å². The second kappa shape index (κ2) is 10.8. The highest BCUT2D eigenvalue weighted by Crippen LogP contribution is 2.18. The number of ether oxygens (including phenoxy) is 2. The minimum atomic E-state index is 0.0818. The Morgan fingerprint density at radius 1 is 0.889 bits per heavy atom. The van der Waals surface area contributed by atoms with Crippen molar-refractivity contribution in [1.82, 2.24) is 0 Å². The van der Waals surface area contributed by atoms with Crippen LogP contribution < -0.4 is 0 Å². The van der Waals surface area contributed by atoms with Crippen LogP contribution in [0.1, 0.15) is 84.5 Å². The lowest BCUT2D eigenvalue weighted by molar-refractivity contribution is -0.210. The van der Waals surface area contributed by atoms with E-state index in [2.05, 4.69) is 13.8 Å². The highest BCUT2D eigenvalue weighted by atomic mass is 16.7. The maximum atomic E-state index is 5.74. The van der Waals surface area contributed by atoms with Crippen LogP contribution in [-0.4, -0.2) is 19.0 Å².